The summed E-state index contributed by atoms with van der Waals surface area (Å²) in [5, 5.41) is 29.0. The van der Waals surface area contributed by atoms with E-state index in [4.69, 9.17) is 0 Å². The Morgan fingerprint density at radius 2 is 2.03 bits per heavy atom. The number of phenolic OH excluding ortho intramolecular Hbond substituents is 2. The number of nitrogens with zero attached hydrogens (tertiary/aromatic N) is 3. The number of fused-ring (bicyclic) bond motifs is 1. The number of phenols is 2. The summed E-state index contributed by atoms with van der Waals surface area (Å²) in [6.07, 6.45) is 3.22. The summed E-state index contributed by atoms with van der Waals surface area (Å²) in [6, 6.07) is 15.3. The van der Waals surface area contributed by atoms with Crippen LogP contribution in [0.25, 0.3) is 11.3 Å². The highest BCUT2D eigenvalue weighted by molar-refractivity contribution is 6.09. The van der Waals surface area contributed by atoms with Gasteiger partial charge in [-0.25, -0.2) is 0 Å². The Bertz CT molecular complexity index is 1150. The Morgan fingerprint density at radius 3 is 2.79 bits per heavy atom. The third-order valence-corrected chi connectivity index (χ3v) is 5.24. The Labute approximate surface area is 168 Å². The van der Waals surface area contributed by atoms with E-state index in [0.29, 0.717) is 11.3 Å². The van der Waals surface area contributed by atoms with Gasteiger partial charge in [0.2, 0.25) is 0 Å². The van der Waals surface area contributed by atoms with E-state index in [0.717, 1.165) is 35.7 Å². The average Bonchev–Trinajstić information content (AvgIpc) is 2.73. The zero-order chi connectivity index (χ0) is 20.5. The summed E-state index contributed by atoms with van der Waals surface area (Å²) in [5.74, 6) is -0.670. The molecule has 29 heavy (non-hydrogen) atoms. The van der Waals surface area contributed by atoms with Crippen molar-refractivity contribution in [2.45, 2.75) is 25.8 Å². The molecule has 0 aliphatic carbocycles. The van der Waals surface area contributed by atoms with Gasteiger partial charge in [0.15, 0.2) is 0 Å². The third kappa shape index (κ3) is 3.27. The molecule has 0 fully saturated rings. The molecule has 6 nitrogen and oxygen atoms in total. The van der Waals surface area contributed by atoms with Crippen molar-refractivity contribution in [2.24, 2.45) is 0 Å². The fourth-order valence-corrected chi connectivity index (χ4v) is 3.76. The van der Waals surface area contributed by atoms with E-state index in [1.807, 2.05) is 25.1 Å². The quantitative estimate of drug-likeness (QED) is 0.695. The summed E-state index contributed by atoms with van der Waals surface area (Å²) < 4.78 is 0. The van der Waals surface area contributed by atoms with E-state index in [1.165, 1.54) is 12.1 Å². The van der Waals surface area contributed by atoms with Gasteiger partial charge in [0.05, 0.1) is 16.8 Å². The molecule has 0 saturated heterocycles. The van der Waals surface area contributed by atoms with Crippen molar-refractivity contribution in [2.75, 3.05) is 4.90 Å². The second kappa shape index (κ2) is 7.28. The van der Waals surface area contributed by atoms with E-state index in [2.05, 4.69) is 11.1 Å². The predicted molar refractivity (Wildman–Crippen MR) is 109 cm³/mol. The highest BCUT2D eigenvalue weighted by atomic mass is 16.3. The number of carbonyl (C=O) groups excluding carboxylic acids is 1. The number of hydrogen-bond acceptors (Lipinski definition) is 5. The van der Waals surface area contributed by atoms with Gasteiger partial charge in [-0.15, -0.1) is 0 Å². The molecule has 1 amide bonds. The number of pyridine rings is 1. The monoisotopic (exact) mass is 385 g/mol. The maximum absolute atomic E-state index is 13.2. The van der Waals surface area contributed by atoms with Crippen LogP contribution < -0.4 is 4.90 Å². The van der Waals surface area contributed by atoms with Crippen molar-refractivity contribution in [1.29, 1.82) is 5.26 Å². The molecular weight excluding hydrogens is 366 g/mol. The number of aryl methyl sites for hydroxylation is 1. The summed E-state index contributed by atoms with van der Waals surface area (Å²) in [5.41, 5.74) is 3.85. The number of anilines is 1. The lowest BCUT2D eigenvalue weighted by molar-refractivity contribution is 0.0972. The van der Waals surface area contributed by atoms with Gasteiger partial charge >= 0.3 is 0 Å². The zero-order valence-electron chi connectivity index (χ0n) is 15.8. The molecule has 0 spiro atoms. The molecule has 0 bridgehead atoms. The third-order valence-electron chi connectivity index (χ3n) is 5.24. The first-order valence-corrected chi connectivity index (χ1v) is 9.33. The normalized spacial score (nSPS) is 15.4. The first-order valence-electron chi connectivity index (χ1n) is 9.33. The van der Waals surface area contributed by atoms with Crippen LogP contribution in [0.1, 0.15) is 34.8 Å². The van der Waals surface area contributed by atoms with Crippen LogP contribution in [0.4, 0.5) is 5.69 Å². The highest BCUT2D eigenvalue weighted by Crippen LogP contribution is 2.36. The van der Waals surface area contributed by atoms with Crippen molar-refractivity contribution in [3.63, 3.8) is 0 Å². The molecule has 1 unspecified atom stereocenters. The largest absolute Gasteiger partial charge is 0.508 e. The maximum Gasteiger partial charge on any atom is 0.262 e. The lowest BCUT2D eigenvalue weighted by atomic mass is 9.92. The molecule has 2 heterocycles. The Morgan fingerprint density at radius 1 is 1.21 bits per heavy atom. The van der Waals surface area contributed by atoms with Gasteiger partial charge in [-0.05, 0) is 61.7 Å². The molecule has 3 aromatic rings. The SMILES string of the molecule is CC1CCc2cc(-c3ncccc3C#N)ccc2N1C(=O)c1ccc(O)cc1O. The van der Waals surface area contributed by atoms with E-state index in [-0.39, 0.29) is 29.0 Å². The van der Waals surface area contributed by atoms with Gasteiger partial charge in [0, 0.05) is 29.6 Å². The maximum atomic E-state index is 13.2. The molecule has 0 radical (unpaired) electrons. The second-order valence-corrected chi connectivity index (χ2v) is 7.12. The number of aromatic hydroxyl groups is 2. The molecule has 1 aliphatic rings. The first kappa shape index (κ1) is 18.5. The van der Waals surface area contributed by atoms with Gasteiger partial charge in [-0.2, -0.15) is 5.26 Å². The molecule has 1 aliphatic heterocycles. The fourth-order valence-electron chi connectivity index (χ4n) is 3.76. The van der Waals surface area contributed by atoms with Crippen molar-refractivity contribution in [3.8, 4) is 28.8 Å². The Balaban J connectivity index is 1.77. The number of nitriles is 1. The second-order valence-electron chi connectivity index (χ2n) is 7.12. The van der Waals surface area contributed by atoms with Crippen LogP contribution >= 0.6 is 0 Å². The molecule has 2 N–H and O–H groups in total. The van der Waals surface area contributed by atoms with Crippen LogP contribution in [0, 0.1) is 11.3 Å². The number of carbonyl (C=O) groups is 1. The van der Waals surface area contributed by atoms with Crippen LogP contribution in [0.3, 0.4) is 0 Å². The molecular formula is C23H19N3O3. The van der Waals surface area contributed by atoms with Crippen LogP contribution in [-0.2, 0) is 6.42 Å². The van der Waals surface area contributed by atoms with Crippen molar-refractivity contribution < 1.29 is 15.0 Å². The topological polar surface area (TPSA) is 97.5 Å². The predicted octanol–water partition coefficient (Wildman–Crippen LogP) is 4.01. The number of benzene rings is 2. The van der Waals surface area contributed by atoms with Crippen LogP contribution in [0.2, 0.25) is 0 Å². The average molecular weight is 385 g/mol. The molecule has 144 valence electrons. The van der Waals surface area contributed by atoms with E-state index in [9.17, 15) is 20.3 Å². The molecule has 1 aromatic heterocycles. The summed E-state index contributed by atoms with van der Waals surface area (Å²) in [4.78, 5) is 19.2. The van der Waals surface area contributed by atoms with Crippen molar-refractivity contribution in [1.82, 2.24) is 4.98 Å². The van der Waals surface area contributed by atoms with E-state index < -0.39 is 0 Å². The van der Waals surface area contributed by atoms with E-state index >= 15 is 0 Å². The van der Waals surface area contributed by atoms with Crippen molar-refractivity contribution >= 4 is 11.6 Å². The molecule has 1 atom stereocenters. The minimum atomic E-state index is -0.320. The number of aromatic nitrogens is 1. The van der Waals surface area contributed by atoms with Crippen LogP contribution in [-0.4, -0.2) is 27.1 Å². The number of amides is 1. The number of rotatable bonds is 2. The first-order chi connectivity index (χ1) is 14.0. The van der Waals surface area contributed by atoms with Gasteiger partial charge < -0.3 is 15.1 Å². The fraction of sp³-hybridized carbons (Fsp3) is 0.174. The number of hydrogen-bond donors (Lipinski definition) is 2. The summed E-state index contributed by atoms with van der Waals surface area (Å²) >= 11 is 0. The smallest absolute Gasteiger partial charge is 0.262 e. The Hall–Kier alpha value is -3.85. The molecule has 2 aromatic carbocycles. The van der Waals surface area contributed by atoms with Gasteiger partial charge in [0.1, 0.15) is 17.6 Å². The van der Waals surface area contributed by atoms with Gasteiger partial charge in [0.25, 0.3) is 5.91 Å². The molecule has 6 heteroatoms. The molecule has 0 saturated carbocycles. The summed E-state index contributed by atoms with van der Waals surface area (Å²) in [7, 11) is 0. The zero-order valence-corrected chi connectivity index (χ0v) is 15.8. The Kier molecular flexibility index (Phi) is 4.65. The lowest BCUT2D eigenvalue weighted by Gasteiger charge is -2.35. The van der Waals surface area contributed by atoms with Crippen molar-refractivity contribution in [3.05, 3.63) is 71.4 Å². The lowest BCUT2D eigenvalue weighted by Crippen LogP contribution is -2.42. The summed E-state index contributed by atoms with van der Waals surface area (Å²) in [6.45, 7) is 1.97. The van der Waals surface area contributed by atoms with Crippen LogP contribution in [0.5, 0.6) is 11.5 Å². The highest BCUT2D eigenvalue weighted by Gasteiger charge is 2.30. The minimum Gasteiger partial charge on any atom is -0.508 e. The van der Waals surface area contributed by atoms with E-state index in [1.54, 1.807) is 23.2 Å². The minimum absolute atomic E-state index is 0.0430. The molecule has 4 rings (SSSR count). The van der Waals surface area contributed by atoms with Gasteiger partial charge in [-0.3, -0.25) is 9.78 Å². The van der Waals surface area contributed by atoms with Crippen LogP contribution in [0.15, 0.2) is 54.7 Å². The standard InChI is InChI=1S/C23H19N3O3/c1-14-4-5-15-11-16(22-17(13-24)3-2-10-25-22)6-9-20(15)26(14)23(29)19-8-7-18(27)12-21(19)28/h2-3,6-12,14,27-28H,4-5H2,1H3. The van der Waals surface area contributed by atoms with Gasteiger partial charge in [-0.1, -0.05) is 6.07 Å².